The Kier molecular flexibility index (Phi) is 6.98. The highest BCUT2D eigenvalue weighted by Gasteiger charge is 2.35. The number of carbonyl (C=O) groups excluding carboxylic acids is 1. The molecule has 1 aliphatic rings. The Hall–Kier alpha value is -1.68. The van der Waals surface area contributed by atoms with Crippen molar-refractivity contribution in [2.45, 2.75) is 31.5 Å². The van der Waals surface area contributed by atoms with E-state index in [9.17, 15) is 4.79 Å². The van der Waals surface area contributed by atoms with Gasteiger partial charge in [0.2, 0.25) is 0 Å². The van der Waals surface area contributed by atoms with Crippen LogP contribution in [0.3, 0.4) is 0 Å². The molecule has 0 atom stereocenters. The number of nitrogens with one attached hydrogen (secondary N) is 1. The number of piperidine rings is 1. The number of rotatable bonds is 6. The molecule has 0 amide bonds. The van der Waals surface area contributed by atoms with Crippen molar-refractivity contribution in [2.24, 2.45) is 0 Å². The molecule has 1 fully saturated rings. The zero-order valence-corrected chi connectivity index (χ0v) is 14.6. The van der Waals surface area contributed by atoms with Crippen molar-refractivity contribution in [2.75, 3.05) is 13.1 Å². The van der Waals surface area contributed by atoms with Crippen molar-refractivity contribution in [3.05, 3.63) is 71.8 Å². The summed E-state index contributed by atoms with van der Waals surface area (Å²) in [6, 6.07) is 19.7. The molecule has 4 heteroatoms. The van der Waals surface area contributed by atoms with Gasteiger partial charge >= 0.3 is 0 Å². The van der Waals surface area contributed by atoms with E-state index in [0.29, 0.717) is 13.0 Å². The summed E-state index contributed by atoms with van der Waals surface area (Å²) in [5.74, 6) is 0.167. The molecule has 128 valence electrons. The molecule has 1 aliphatic heterocycles. The van der Waals surface area contributed by atoms with Crippen molar-refractivity contribution in [3.8, 4) is 0 Å². The number of carbonyl (C=O) groups is 1. The van der Waals surface area contributed by atoms with Gasteiger partial charge in [0.15, 0.2) is 5.78 Å². The van der Waals surface area contributed by atoms with Gasteiger partial charge in [-0.15, -0.1) is 12.4 Å². The Morgan fingerprint density at radius 1 is 0.958 bits per heavy atom. The van der Waals surface area contributed by atoms with Crippen LogP contribution in [0.1, 0.15) is 35.2 Å². The summed E-state index contributed by atoms with van der Waals surface area (Å²) in [5.41, 5.74) is 1.57. The summed E-state index contributed by atoms with van der Waals surface area (Å²) in [5, 5.41) is 3.36. The maximum atomic E-state index is 12.6. The molecule has 24 heavy (non-hydrogen) atoms. The molecule has 3 nitrogen and oxygen atoms in total. The third-order valence-corrected chi connectivity index (χ3v) is 4.48. The molecule has 0 saturated carbocycles. The van der Waals surface area contributed by atoms with E-state index in [2.05, 4.69) is 17.4 Å². The highest BCUT2D eigenvalue weighted by atomic mass is 35.5. The van der Waals surface area contributed by atoms with Crippen LogP contribution in [0.5, 0.6) is 0 Å². The minimum Gasteiger partial charge on any atom is -0.370 e. The molecule has 0 radical (unpaired) electrons. The van der Waals surface area contributed by atoms with Crippen molar-refractivity contribution >= 4 is 18.2 Å². The smallest absolute Gasteiger partial charge is 0.165 e. The summed E-state index contributed by atoms with van der Waals surface area (Å²) in [7, 11) is 0. The van der Waals surface area contributed by atoms with Crippen molar-refractivity contribution in [1.29, 1.82) is 0 Å². The van der Waals surface area contributed by atoms with Crippen LogP contribution in [0.2, 0.25) is 0 Å². The molecule has 0 unspecified atom stereocenters. The second-order valence-corrected chi connectivity index (χ2v) is 6.17. The number of hydrogen-bond donors (Lipinski definition) is 1. The Bertz CT molecular complexity index is 625. The molecule has 1 saturated heterocycles. The van der Waals surface area contributed by atoms with Gasteiger partial charge in [0.1, 0.15) is 0 Å². The molecule has 2 aromatic carbocycles. The number of ketones is 1. The molecule has 3 rings (SSSR count). The summed E-state index contributed by atoms with van der Waals surface area (Å²) in [4.78, 5) is 12.6. The number of ether oxygens (including phenoxy) is 1. The monoisotopic (exact) mass is 345 g/mol. The summed E-state index contributed by atoms with van der Waals surface area (Å²) in [6.45, 7) is 2.36. The molecule has 0 bridgehead atoms. The van der Waals surface area contributed by atoms with Crippen LogP contribution >= 0.6 is 12.4 Å². The Balaban J connectivity index is 0.00000208. The van der Waals surface area contributed by atoms with E-state index in [1.807, 2.05) is 48.5 Å². The van der Waals surface area contributed by atoms with E-state index in [-0.39, 0.29) is 23.8 Å². The van der Waals surface area contributed by atoms with Crippen LogP contribution in [0.25, 0.3) is 0 Å². The quantitative estimate of drug-likeness (QED) is 0.803. The SMILES string of the molecule is Cl.O=C(CC1(OCc2ccccc2)CCNCC1)c1ccccc1. The molecule has 1 heterocycles. The summed E-state index contributed by atoms with van der Waals surface area (Å²) >= 11 is 0. The van der Waals surface area contributed by atoms with Gasteiger partial charge in [-0.05, 0) is 31.5 Å². The number of halogens is 1. The second kappa shape index (κ2) is 8.97. The van der Waals surface area contributed by atoms with Gasteiger partial charge in [0.05, 0.1) is 12.2 Å². The minimum absolute atomic E-state index is 0. The standard InChI is InChI=1S/C20H23NO2.ClH/c22-19(18-9-5-2-6-10-18)15-20(11-13-21-14-12-20)23-16-17-7-3-1-4-8-17;/h1-10,21H,11-16H2;1H. The highest BCUT2D eigenvalue weighted by Crippen LogP contribution is 2.30. The first-order valence-electron chi connectivity index (χ1n) is 8.24. The predicted molar refractivity (Wildman–Crippen MR) is 98.7 cm³/mol. The van der Waals surface area contributed by atoms with Gasteiger partial charge < -0.3 is 10.1 Å². The largest absolute Gasteiger partial charge is 0.370 e. The lowest BCUT2D eigenvalue weighted by Gasteiger charge is -2.37. The van der Waals surface area contributed by atoms with Gasteiger partial charge in [0, 0.05) is 12.0 Å². The lowest BCUT2D eigenvalue weighted by molar-refractivity contribution is -0.0751. The van der Waals surface area contributed by atoms with Crippen LogP contribution in [-0.2, 0) is 11.3 Å². The van der Waals surface area contributed by atoms with Crippen molar-refractivity contribution in [3.63, 3.8) is 0 Å². The zero-order chi connectivity index (χ0) is 16.0. The van der Waals surface area contributed by atoms with E-state index in [4.69, 9.17) is 4.74 Å². The average molecular weight is 346 g/mol. The molecule has 0 aromatic heterocycles. The first-order chi connectivity index (χ1) is 11.3. The fourth-order valence-corrected chi connectivity index (χ4v) is 3.08. The first kappa shape index (κ1) is 18.7. The van der Waals surface area contributed by atoms with E-state index in [1.165, 1.54) is 0 Å². The predicted octanol–water partition coefficient (Wildman–Crippen LogP) is 4.02. The van der Waals surface area contributed by atoms with Gasteiger partial charge in [-0.2, -0.15) is 0 Å². The summed E-state index contributed by atoms with van der Waals surface area (Å²) in [6.07, 6.45) is 2.20. The Morgan fingerprint density at radius 2 is 1.54 bits per heavy atom. The lowest BCUT2D eigenvalue weighted by Crippen LogP contribution is -2.45. The molecule has 2 aromatic rings. The van der Waals surface area contributed by atoms with Crippen LogP contribution in [0.15, 0.2) is 60.7 Å². The zero-order valence-electron chi connectivity index (χ0n) is 13.7. The van der Waals surface area contributed by atoms with E-state index >= 15 is 0 Å². The summed E-state index contributed by atoms with van der Waals surface area (Å²) < 4.78 is 6.29. The van der Waals surface area contributed by atoms with Gasteiger partial charge in [-0.1, -0.05) is 60.7 Å². The topological polar surface area (TPSA) is 38.3 Å². The van der Waals surface area contributed by atoms with E-state index in [0.717, 1.165) is 37.1 Å². The molecular weight excluding hydrogens is 322 g/mol. The lowest BCUT2D eigenvalue weighted by atomic mass is 9.85. The fraction of sp³-hybridized carbons (Fsp3) is 0.350. The molecule has 1 N–H and O–H groups in total. The second-order valence-electron chi connectivity index (χ2n) is 6.17. The molecule has 0 aliphatic carbocycles. The van der Waals surface area contributed by atoms with E-state index in [1.54, 1.807) is 0 Å². The van der Waals surface area contributed by atoms with Crippen LogP contribution < -0.4 is 5.32 Å². The maximum Gasteiger partial charge on any atom is 0.165 e. The fourth-order valence-electron chi connectivity index (χ4n) is 3.08. The third kappa shape index (κ3) is 4.91. The number of Topliss-reactive ketones (excluding diaryl/α,β-unsaturated/α-hetero) is 1. The normalized spacial score (nSPS) is 16.2. The molecular formula is C20H24ClNO2. The van der Waals surface area contributed by atoms with Crippen LogP contribution in [-0.4, -0.2) is 24.5 Å². The Morgan fingerprint density at radius 3 is 2.17 bits per heavy atom. The van der Waals surface area contributed by atoms with Gasteiger partial charge in [-0.3, -0.25) is 4.79 Å². The molecule has 0 spiro atoms. The van der Waals surface area contributed by atoms with Crippen LogP contribution in [0.4, 0.5) is 0 Å². The minimum atomic E-state index is -0.353. The number of benzene rings is 2. The van der Waals surface area contributed by atoms with Gasteiger partial charge in [0.25, 0.3) is 0 Å². The average Bonchev–Trinajstić information content (AvgIpc) is 2.62. The highest BCUT2D eigenvalue weighted by molar-refractivity contribution is 5.96. The number of hydrogen-bond acceptors (Lipinski definition) is 3. The first-order valence-corrected chi connectivity index (χ1v) is 8.24. The van der Waals surface area contributed by atoms with Crippen molar-refractivity contribution < 1.29 is 9.53 Å². The Labute approximate surface area is 149 Å². The van der Waals surface area contributed by atoms with Crippen molar-refractivity contribution in [1.82, 2.24) is 5.32 Å². The maximum absolute atomic E-state index is 12.6. The van der Waals surface area contributed by atoms with E-state index < -0.39 is 0 Å². The van der Waals surface area contributed by atoms with Gasteiger partial charge in [-0.25, -0.2) is 0 Å². The third-order valence-electron chi connectivity index (χ3n) is 4.48. The van der Waals surface area contributed by atoms with Crippen LogP contribution in [0, 0.1) is 0 Å².